The molecule has 0 amide bonds. The van der Waals surface area contributed by atoms with E-state index in [1.807, 2.05) is 115 Å². The fraction of sp³-hybridized carbons (Fsp3) is 0.273. The lowest BCUT2D eigenvalue weighted by atomic mass is 10.0. The first-order valence-corrected chi connectivity index (χ1v) is 18.8. The van der Waals surface area contributed by atoms with Crippen LogP contribution in [0.5, 0.6) is 11.8 Å². The summed E-state index contributed by atoms with van der Waals surface area (Å²) in [6, 6.07) is 30.2. The van der Waals surface area contributed by atoms with E-state index in [4.69, 9.17) is 0 Å². The molecule has 0 atom stereocenters. The first-order chi connectivity index (χ1) is 26.7. The summed E-state index contributed by atoms with van der Waals surface area (Å²) < 4.78 is 3.76. The van der Waals surface area contributed by atoms with E-state index in [-0.39, 0.29) is 23.3 Å². The second-order valence-corrected chi connectivity index (χ2v) is 14.7. The number of nitrogens with zero attached hydrogens (tertiary/aromatic N) is 7. The van der Waals surface area contributed by atoms with Gasteiger partial charge in [0, 0.05) is 35.0 Å². The molecule has 1 fully saturated rings. The fourth-order valence-corrected chi connectivity index (χ4v) is 7.78. The fourth-order valence-electron chi connectivity index (χ4n) is 7.78. The zero-order chi connectivity index (χ0) is 38.2. The lowest BCUT2D eigenvalue weighted by molar-refractivity contribution is 0.106. The molecule has 0 radical (unpaired) electrons. The van der Waals surface area contributed by atoms with Crippen molar-refractivity contribution in [3.63, 3.8) is 0 Å². The number of hydrogen-bond acceptors (Lipinski definition) is 9. The average molecular weight is 736 g/mol. The number of aromatic nitrogens is 2. The van der Waals surface area contributed by atoms with Gasteiger partial charge in [-0.25, -0.2) is 9.98 Å². The number of rotatable bonds is 9. The van der Waals surface area contributed by atoms with Crippen molar-refractivity contribution in [2.75, 3.05) is 47.3 Å². The van der Waals surface area contributed by atoms with Crippen LogP contribution in [0.3, 0.4) is 0 Å². The minimum atomic E-state index is -0.144. The van der Waals surface area contributed by atoms with Gasteiger partial charge in [-0.2, -0.15) is 0 Å². The lowest BCUT2D eigenvalue weighted by Gasteiger charge is -2.27. The van der Waals surface area contributed by atoms with Gasteiger partial charge in [-0.05, 0) is 83.5 Å². The highest BCUT2D eigenvalue weighted by Crippen LogP contribution is 2.39. The van der Waals surface area contributed by atoms with Crippen molar-refractivity contribution in [2.45, 2.75) is 32.6 Å². The predicted octanol–water partition coefficient (Wildman–Crippen LogP) is 7.22. The van der Waals surface area contributed by atoms with E-state index in [1.165, 1.54) is 19.3 Å². The molecule has 11 heteroatoms. The molecule has 1 saturated heterocycles. The van der Waals surface area contributed by atoms with Crippen LogP contribution in [0.25, 0.3) is 21.8 Å². The van der Waals surface area contributed by atoms with Gasteiger partial charge in [0.25, 0.3) is 0 Å². The van der Waals surface area contributed by atoms with E-state index >= 15 is 0 Å². The Morgan fingerprint density at radius 3 is 1.60 bits per heavy atom. The van der Waals surface area contributed by atoms with Crippen LogP contribution in [0, 0.1) is 0 Å². The Balaban J connectivity index is 0.000000155. The van der Waals surface area contributed by atoms with Gasteiger partial charge in [0.2, 0.25) is 23.3 Å². The van der Waals surface area contributed by atoms with Gasteiger partial charge in [-0.1, -0.05) is 67.1 Å². The molecule has 11 nitrogen and oxygen atoms in total. The Labute approximate surface area is 320 Å². The van der Waals surface area contributed by atoms with Crippen LogP contribution in [0.15, 0.2) is 107 Å². The number of carbonyl (C=O) groups excluding carboxylic acids is 2. The maximum absolute atomic E-state index is 12.9. The molecule has 55 heavy (non-hydrogen) atoms. The molecule has 6 aromatic rings. The second kappa shape index (κ2) is 15.1. The number of hydrogen-bond donors (Lipinski definition) is 2. The Morgan fingerprint density at radius 2 is 1.07 bits per heavy atom. The van der Waals surface area contributed by atoms with E-state index in [0.717, 1.165) is 48.0 Å². The Morgan fingerprint density at radius 1 is 0.600 bits per heavy atom. The first kappa shape index (κ1) is 36.1. The number of Topliss-reactive ketones (excluding diaryl/α,β-unsaturated/α-hetero) is 2. The quantitative estimate of drug-likeness (QED) is 0.161. The van der Waals surface area contributed by atoms with Crippen LogP contribution < -0.4 is 0 Å². The van der Waals surface area contributed by atoms with Gasteiger partial charge in [-0.15, -0.1) is 0 Å². The normalized spacial score (nSPS) is 15.4. The van der Waals surface area contributed by atoms with Crippen LogP contribution in [0.4, 0.5) is 11.4 Å². The minimum Gasteiger partial charge on any atom is -0.494 e. The maximum atomic E-state index is 12.9. The number of carbonyl (C=O) groups is 2. The number of likely N-dealkylation sites (tertiary alicyclic amines) is 1. The second-order valence-electron chi connectivity index (χ2n) is 14.7. The highest BCUT2D eigenvalue weighted by molar-refractivity contribution is 6.57. The summed E-state index contributed by atoms with van der Waals surface area (Å²) in [6.07, 6.45) is 3.64. The summed E-state index contributed by atoms with van der Waals surface area (Å²) in [5.74, 6) is -0.0592. The van der Waals surface area contributed by atoms with E-state index in [9.17, 15) is 19.8 Å². The number of ketones is 2. The van der Waals surface area contributed by atoms with Crippen LogP contribution in [0.1, 0.15) is 51.1 Å². The third kappa shape index (κ3) is 6.75. The Kier molecular flexibility index (Phi) is 9.91. The number of benzene rings is 4. The van der Waals surface area contributed by atoms with Crippen molar-refractivity contribution in [3.8, 4) is 11.8 Å². The number of likely N-dealkylation sites (N-methyl/N-ethyl adjacent to an activating group) is 2. The van der Waals surface area contributed by atoms with Crippen LogP contribution in [0.2, 0.25) is 0 Å². The van der Waals surface area contributed by atoms with Crippen molar-refractivity contribution in [2.24, 2.45) is 9.98 Å². The first-order valence-electron chi connectivity index (χ1n) is 18.8. The van der Waals surface area contributed by atoms with E-state index in [2.05, 4.69) is 24.7 Å². The van der Waals surface area contributed by atoms with Crippen molar-refractivity contribution in [1.82, 2.24) is 23.8 Å². The molecule has 280 valence electrons. The van der Waals surface area contributed by atoms with Crippen molar-refractivity contribution >= 4 is 56.2 Å². The molecule has 0 bridgehead atoms. The maximum Gasteiger partial charge on any atom is 0.214 e. The number of fused-ring (bicyclic) bond motifs is 4. The molecule has 3 aliphatic heterocycles. The van der Waals surface area contributed by atoms with Gasteiger partial charge < -0.3 is 15.1 Å². The third-order valence-corrected chi connectivity index (χ3v) is 10.7. The highest BCUT2D eigenvalue weighted by atomic mass is 16.3. The van der Waals surface area contributed by atoms with E-state index in [0.29, 0.717) is 58.4 Å². The summed E-state index contributed by atoms with van der Waals surface area (Å²) >= 11 is 0. The summed E-state index contributed by atoms with van der Waals surface area (Å²) in [6.45, 7) is 5.00. The van der Waals surface area contributed by atoms with Gasteiger partial charge in [-0.3, -0.25) is 28.5 Å². The SMILES string of the molecule is CN(C)CCN(C)Cn1c(O)c(C2=Nc3ccccc3C2=O)c2ccccc21.O=C1C(c2c(O)n(CN3CCCCC3)c3ccccc23)=Nc2ccccc21. The largest absolute Gasteiger partial charge is 0.494 e. The molecule has 2 aromatic heterocycles. The summed E-state index contributed by atoms with van der Waals surface area (Å²) in [5, 5.41) is 23.9. The molecule has 0 unspecified atom stereocenters. The molecule has 4 aromatic carbocycles. The van der Waals surface area contributed by atoms with Gasteiger partial charge >= 0.3 is 0 Å². The number of para-hydroxylation sites is 4. The molecule has 3 aliphatic rings. The molecule has 0 saturated carbocycles. The molecule has 2 N–H and O–H groups in total. The third-order valence-electron chi connectivity index (χ3n) is 10.7. The van der Waals surface area contributed by atoms with E-state index in [1.54, 1.807) is 12.1 Å². The predicted molar refractivity (Wildman–Crippen MR) is 218 cm³/mol. The minimum absolute atomic E-state index is 0.0813. The molecular formula is C44H45N7O4. The lowest BCUT2D eigenvalue weighted by Crippen LogP contribution is -2.31. The zero-order valence-corrected chi connectivity index (χ0v) is 31.4. The van der Waals surface area contributed by atoms with Crippen molar-refractivity contribution in [3.05, 3.63) is 119 Å². The Bertz CT molecular complexity index is 2500. The Hall–Kier alpha value is -5.88. The van der Waals surface area contributed by atoms with Crippen LogP contribution in [-0.4, -0.2) is 104 Å². The van der Waals surface area contributed by atoms with Crippen LogP contribution in [-0.2, 0) is 13.3 Å². The monoisotopic (exact) mass is 735 g/mol. The van der Waals surface area contributed by atoms with Crippen molar-refractivity contribution in [1.29, 1.82) is 0 Å². The molecule has 0 aliphatic carbocycles. The number of aromatic hydroxyl groups is 2. The number of piperidine rings is 1. The standard InChI is InChI=1S/C22H24N4O2.C22H21N3O2/c1-24(2)12-13-25(3)14-26-18-11-7-5-9-16(18)19(22(26)28)20-21(27)15-8-4-6-10-17(15)23-20;26-21-15-8-2-4-10-17(15)23-20(21)19-16-9-3-5-11-18(16)25(22(19)27)14-24-12-6-1-7-13-24/h4-11,28H,12-14H2,1-3H3;2-5,8-11,27H,1,6-7,12-14H2. The smallest absolute Gasteiger partial charge is 0.214 e. The van der Waals surface area contributed by atoms with Gasteiger partial charge in [0.15, 0.2) is 0 Å². The van der Waals surface area contributed by atoms with Crippen LogP contribution >= 0.6 is 0 Å². The van der Waals surface area contributed by atoms with Crippen molar-refractivity contribution < 1.29 is 19.8 Å². The molecule has 0 spiro atoms. The molecule has 5 heterocycles. The molecular weight excluding hydrogens is 691 g/mol. The van der Waals surface area contributed by atoms with E-state index < -0.39 is 0 Å². The topological polar surface area (TPSA) is 119 Å². The zero-order valence-electron chi connectivity index (χ0n) is 31.4. The number of aliphatic imine (C=N–C) groups is 2. The highest BCUT2D eigenvalue weighted by Gasteiger charge is 2.33. The summed E-state index contributed by atoms with van der Waals surface area (Å²) in [7, 11) is 6.09. The summed E-state index contributed by atoms with van der Waals surface area (Å²) in [5.41, 5.74) is 6.02. The summed E-state index contributed by atoms with van der Waals surface area (Å²) in [4.78, 5) is 41.6. The van der Waals surface area contributed by atoms with Gasteiger partial charge in [0.1, 0.15) is 11.4 Å². The van der Waals surface area contributed by atoms with Gasteiger partial charge in [0.05, 0.1) is 46.9 Å². The molecule has 9 rings (SSSR count). The average Bonchev–Trinajstić information content (AvgIpc) is 3.88.